The summed E-state index contributed by atoms with van der Waals surface area (Å²) in [6.07, 6.45) is 0. The number of sulfonamides is 1. The molecule has 3 N–H and O–H groups in total. The highest BCUT2D eigenvalue weighted by Gasteiger charge is 2.13. The van der Waals surface area contributed by atoms with Crippen molar-refractivity contribution in [3.8, 4) is 0 Å². The van der Waals surface area contributed by atoms with Crippen LogP contribution >= 0.6 is 0 Å². The van der Waals surface area contributed by atoms with E-state index in [0.29, 0.717) is 12.2 Å². The van der Waals surface area contributed by atoms with Crippen LogP contribution in [0.25, 0.3) is 0 Å². The van der Waals surface area contributed by atoms with Crippen LogP contribution in [0.15, 0.2) is 11.1 Å². The third-order valence-electron chi connectivity index (χ3n) is 1.81. The Kier molecular flexibility index (Phi) is 3.77. The second-order valence-electron chi connectivity index (χ2n) is 3.20. The third kappa shape index (κ3) is 3.57. The molecule has 0 unspecified atom stereocenters. The number of nitrogens with zero attached hydrogens (tertiary/aromatic N) is 2. The highest BCUT2D eigenvalue weighted by molar-refractivity contribution is 7.89. The zero-order valence-corrected chi connectivity index (χ0v) is 9.09. The van der Waals surface area contributed by atoms with Gasteiger partial charge in [0, 0.05) is 19.2 Å². The van der Waals surface area contributed by atoms with Crippen molar-refractivity contribution in [2.75, 3.05) is 20.3 Å². The quantitative estimate of drug-likeness (QED) is 0.718. The number of rotatable bonds is 5. The molecule has 0 aliphatic heterocycles. The first-order chi connectivity index (χ1) is 6.93. The van der Waals surface area contributed by atoms with Gasteiger partial charge in [0.15, 0.2) is 5.03 Å². The summed E-state index contributed by atoms with van der Waals surface area (Å²) >= 11 is 0. The molecule has 15 heavy (non-hydrogen) atoms. The van der Waals surface area contributed by atoms with Crippen molar-refractivity contribution >= 4 is 10.0 Å². The summed E-state index contributed by atoms with van der Waals surface area (Å²) in [5.41, 5.74) is 0.579. The van der Waals surface area contributed by atoms with Crippen LogP contribution in [0, 0.1) is 0 Å². The summed E-state index contributed by atoms with van der Waals surface area (Å²) in [6.45, 7) is 0.225. The summed E-state index contributed by atoms with van der Waals surface area (Å²) in [4.78, 5) is 1.69. The minimum absolute atomic E-state index is 0.203. The SMILES string of the molecule is CN(CCF)Cc1cc(S(N)(=O)=O)n[nH]1. The van der Waals surface area contributed by atoms with E-state index in [-0.39, 0.29) is 11.6 Å². The molecule has 0 fully saturated rings. The monoisotopic (exact) mass is 236 g/mol. The Morgan fingerprint density at radius 2 is 2.33 bits per heavy atom. The molecule has 0 spiro atoms. The Balaban J connectivity index is 2.69. The summed E-state index contributed by atoms with van der Waals surface area (Å²) < 4.78 is 33.7. The fourth-order valence-electron chi connectivity index (χ4n) is 1.08. The summed E-state index contributed by atoms with van der Waals surface area (Å²) in [6, 6.07) is 1.34. The number of nitrogens with one attached hydrogen (secondary N) is 1. The van der Waals surface area contributed by atoms with Gasteiger partial charge in [0.25, 0.3) is 10.0 Å². The number of hydrogen-bond acceptors (Lipinski definition) is 4. The van der Waals surface area contributed by atoms with Crippen LogP contribution in [0.5, 0.6) is 0 Å². The Hall–Kier alpha value is -0.990. The van der Waals surface area contributed by atoms with E-state index in [1.54, 1.807) is 11.9 Å². The number of nitrogens with two attached hydrogens (primary N) is 1. The molecule has 0 aromatic carbocycles. The molecule has 0 atom stereocenters. The van der Waals surface area contributed by atoms with Crippen molar-refractivity contribution in [3.05, 3.63) is 11.8 Å². The number of aromatic amines is 1. The smallest absolute Gasteiger partial charge is 0.257 e. The van der Waals surface area contributed by atoms with Gasteiger partial charge in [-0.25, -0.2) is 17.9 Å². The number of H-pyrrole nitrogens is 1. The lowest BCUT2D eigenvalue weighted by atomic mass is 10.4. The van der Waals surface area contributed by atoms with Gasteiger partial charge in [0.1, 0.15) is 6.67 Å². The van der Waals surface area contributed by atoms with Gasteiger partial charge in [-0.05, 0) is 7.05 Å². The van der Waals surface area contributed by atoms with Crippen molar-refractivity contribution in [2.45, 2.75) is 11.6 Å². The van der Waals surface area contributed by atoms with Gasteiger partial charge in [-0.15, -0.1) is 0 Å². The van der Waals surface area contributed by atoms with Gasteiger partial charge < -0.3 is 0 Å². The molecule has 8 heteroatoms. The highest BCUT2D eigenvalue weighted by atomic mass is 32.2. The topological polar surface area (TPSA) is 92.1 Å². The first-order valence-corrected chi connectivity index (χ1v) is 5.79. The van der Waals surface area contributed by atoms with Crippen molar-refractivity contribution < 1.29 is 12.8 Å². The van der Waals surface area contributed by atoms with Crippen molar-refractivity contribution in [1.82, 2.24) is 15.1 Å². The predicted octanol–water partition coefficient (Wildman–Crippen LogP) is -0.542. The maximum atomic E-state index is 12.0. The molecule has 0 amide bonds. The van der Waals surface area contributed by atoms with E-state index in [1.807, 2.05) is 0 Å². The van der Waals surface area contributed by atoms with Crippen LogP contribution < -0.4 is 5.14 Å². The molecule has 0 saturated carbocycles. The fraction of sp³-hybridized carbons (Fsp3) is 0.571. The molecule has 0 saturated heterocycles. The lowest BCUT2D eigenvalue weighted by Crippen LogP contribution is -2.20. The normalized spacial score (nSPS) is 12.3. The largest absolute Gasteiger partial charge is 0.298 e. The van der Waals surface area contributed by atoms with Crippen molar-refractivity contribution in [2.24, 2.45) is 5.14 Å². The van der Waals surface area contributed by atoms with Crippen LogP contribution in [0.3, 0.4) is 0 Å². The second kappa shape index (κ2) is 4.69. The van der Waals surface area contributed by atoms with Crippen LogP contribution in [0.1, 0.15) is 5.69 Å². The maximum absolute atomic E-state index is 12.0. The van der Waals surface area contributed by atoms with Gasteiger partial charge in [-0.3, -0.25) is 10.00 Å². The zero-order valence-electron chi connectivity index (χ0n) is 8.27. The Morgan fingerprint density at radius 3 is 2.80 bits per heavy atom. The van der Waals surface area contributed by atoms with Gasteiger partial charge >= 0.3 is 0 Å². The highest BCUT2D eigenvalue weighted by Crippen LogP contribution is 2.06. The van der Waals surface area contributed by atoms with E-state index in [4.69, 9.17) is 5.14 Å². The average Bonchev–Trinajstić information content (AvgIpc) is 2.52. The first-order valence-electron chi connectivity index (χ1n) is 4.25. The molecule has 0 aliphatic rings. The molecule has 1 heterocycles. The van der Waals surface area contributed by atoms with Crippen LogP contribution in [-0.4, -0.2) is 43.8 Å². The predicted molar refractivity (Wildman–Crippen MR) is 52.3 cm³/mol. The third-order valence-corrected chi connectivity index (χ3v) is 2.60. The van der Waals surface area contributed by atoms with Gasteiger partial charge in [-0.1, -0.05) is 0 Å². The molecule has 0 bridgehead atoms. The number of aromatic nitrogens is 2. The Labute approximate surface area is 87.3 Å². The van der Waals surface area contributed by atoms with Gasteiger partial charge in [-0.2, -0.15) is 5.10 Å². The standard InChI is InChI=1S/C7H13FN4O2S/c1-12(3-2-8)5-6-4-7(11-10-6)15(9,13)14/h4H,2-3,5H2,1H3,(H,10,11)(H2,9,13,14). The molecule has 1 rings (SSSR count). The van der Waals surface area contributed by atoms with E-state index in [2.05, 4.69) is 10.2 Å². The molecule has 1 aromatic heterocycles. The minimum atomic E-state index is -3.77. The fourth-order valence-corrected chi connectivity index (χ4v) is 1.56. The van der Waals surface area contributed by atoms with E-state index >= 15 is 0 Å². The molecule has 6 nitrogen and oxygen atoms in total. The minimum Gasteiger partial charge on any atom is -0.298 e. The number of halogens is 1. The Bertz CT molecular complexity index is 416. The summed E-state index contributed by atoms with van der Waals surface area (Å²) in [7, 11) is -2.05. The number of alkyl halides is 1. The molecular formula is C7H13FN4O2S. The van der Waals surface area contributed by atoms with Crippen LogP contribution in [-0.2, 0) is 16.6 Å². The average molecular weight is 236 g/mol. The van der Waals surface area contributed by atoms with Crippen molar-refractivity contribution in [3.63, 3.8) is 0 Å². The second-order valence-corrected chi connectivity index (χ2v) is 4.71. The van der Waals surface area contributed by atoms with E-state index in [9.17, 15) is 12.8 Å². The lowest BCUT2D eigenvalue weighted by molar-refractivity contribution is 0.286. The summed E-state index contributed by atoms with van der Waals surface area (Å²) in [5.74, 6) is 0. The summed E-state index contributed by atoms with van der Waals surface area (Å²) in [5, 5.41) is 10.7. The Morgan fingerprint density at radius 1 is 1.67 bits per heavy atom. The van der Waals surface area contributed by atoms with Crippen molar-refractivity contribution in [1.29, 1.82) is 0 Å². The number of primary sulfonamides is 1. The lowest BCUT2D eigenvalue weighted by Gasteiger charge is -2.12. The molecular weight excluding hydrogens is 223 g/mol. The number of hydrogen-bond donors (Lipinski definition) is 2. The van der Waals surface area contributed by atoms with E-state index < -0.39 is 16.7 Å². The molecule has 1 aromatic rings. The van der Waals surface area contributed by atoms with Gasteiger partial charge in [0.05, 0.1) is 5.69 Å². The van der Waals surface area contributed by atoms with Crippen LogP contribution in [0.4, 0.5) is 4.39 Å². The van der Waals surface area contributed by atoms with E-state index in [1.165, 1.54) is 6.07 Å². The molecule has 0 aliphatic carbocycles. The molecule has 86 valence electrons. The van der Waals surface area contributed by atoms with Crippen LogP contribution in [0.2, 0.25) is 0 Å². The van der Waals surface area contributed by atoms with Gasteiger partial charge in [0.2, 0.25) is 0 Å². The van der Waals surface area contributed by atoms with E-state index in [0.717, 1.165) is 0 Å². The molecule has 0 radical (unpaired) electrons. The maximum Gasteiger partial charge on any atom is 0.257 e. The zero-order chi connectivity index (χ0) is 11.5. The first kappa shape index (κ1) is 12.1.